The van der Waals surface area contributed by atoms with Gasteiger partial charge in [0.2, 0.25) is 0 Å². The molecule has 4 unspecified atom stereocenters. The van der Waals surface area contributed by atoms with Crippen LogP contribution in [0.4, 0.5) is 10.1 Å². The van der Waals surface area contributed by atoms with E-state index in [2.05, 4.69) is 20.9 Å². The van der Waals surface area contributed by atoms with Crippen molar-refractivity contribution in [3.05, 3.63) is 137 Å². The molecule has 10 nitrogen and oxygen atoms in total. The lowest BCUT2D eigenvalue weighted by molar-refractivity contribution is -0.795. The van der Waals surface area contributed by atoms with Crippen molar-refractivity contribution >= 4 is 34.1 Å². The molecule has 0 aliphatic carbocycles. The molecule has 0 fully saturated rings. The number of quaternary nitrogens is 1. The molecule has 0 bridgehead atoms. The van der Waals surface area contributed by atoms with Gasteiger partial charge in [-0.3, -0.25) is 23.5 Å². The molecule has 0 saturated heterocycles. The highest BCUT2D eigenvalue weighted by atomic mass is 32.2. The van der Waals surface area contributed by atoms with E-state index in [1.165, 1.54) is 22.9 Å². The molecule has 0 aliphatic heterocycles. The number of carbonyl (C=O) groups excluding carboxylic acids is 3. The Hall–Kier alpha value is -5.33. The van der Waals surface area contributed by atoms with Crippen molar-refractivity contribution in [3.8, 4) is 11.3 Å². The van der Waals surface area contributed by atoms with Crippen LogP contribution < -0.4 is 15.5 Å². The minimum Gasteiger partial charge on any atom is -0.346 e. The highest BCUT2D eigenvalue weighted by molar-refractivity contribution is 7.84. The summed E-state index contributed by atoms with van der Waals surface area (Å²) in [4.78, 5) is 41.9. The number of rotatable bonds is 14. The first-order valence-corrected chi connectivity index (χ1v) is 17.5. The van der Waals surface area contributed by atoms with Crippen LogP contribution in [-0.4, -0.2) is 62.0 Å². The molecular formula is C37H38FN6O4S+. The molecule has 0 saturated carbocycles. The smallest absolute Gasteiger partial charge is 0.252 e. The number of ketones is 1. The van der Waals surface area contributed by atoms with Crippen LogP contribution in [0.25, 0.3) is 11.3 Å². The van der Waals surface area contributed by atoms with Crippen molar-refractivity contribution in [2.24, 2.45) is 0 Å². The Morgan fingerprint density at radius 3 is 2.12 bits per heavy atom. The van der Waals surface area contributed by atoms with Crippen LogP contribution in [0.1, 0.15) is 44.8 Å². The van der Waals surface area contributed by atoms with Gasteiger partial charge in [-0.15, -0.1) is 5.10 Å². The van der Waals surface area contributed by atoms with E-state index in [1.807, 2.05) is 60.7 Å². The predicted molar refractivity (Wildman–Crippen MR) is 186 cm³/mol. The summed E-state index contributed by atoms with van der Waals surface area (Å²) < 4.78 is 27.0. The van der Waals surface area contributed by atoms with Gasteiger partial charge in [0.05, 0.1) is 36.1 Å². The third-order valence-electron chi connectivity index (χ3n) is 7.99. The zero-order chi connectivity index (χ0) is 34.9. The Balaban J connectivity index is 1.40. The van der Waals surface area contributed by atoms with E-state index in [9.17, 15) is 23.0 Å². The zero-order valence-electron chi connectivity index (χ0n) is 27.4. The molecule has 4 atom stereocenters. The zero-order valence-corrected chi connectivity index (χ0v) is 28.2. The lowest BCUT2D eigenvalue weighted by atomic mass is 10.0. The molecule has 1 heterocycles. The van der Waals surface area contributed by atoms with Gasteiger partial charge < -0.3 is 10.6 Å². The molecule has 12 heteroatoms. The Morgan fingerprint density at radius 1 is 0.878 bits per heavy atom. The quantitative estimate of drug-likeness (QED) is 0.164. The highest BCUT2D eigenvalue weighted by Gasteiger charge is 2.25. The summed E-state index contributed by atoms with van der Waals surface area (Å²) in [6, 6.07) is 28.0. The second-order valence-electron chi connectivity index (χ2n) is 11.9. The first-order valence-electron chi connectivity index (χ1n) is 15.7. The maximum Gasteiger partial charge on any atom is 0.252 e. The van der Waals surface area contributed by atoms with Gasteiger partial charge in [0.25, 0.3) is 11.8 Å². The molecule has 0 radical (unpaired) electrons. The van der Waals surface area contributed by atoms with Crippen LogP contribution in [0.2, 0.25) is 0 Å². The van der Waals surface area contributed by atoms with Crippen LogP contribution in [-0.2, 0) is 28.6 Å². The van der Waals surface area contributed by atoms with Crippen molar-refractivity contribution in [2.45, 2.75) is 32.0 Å². The number of nitrogens with one attached hydrogen (secondary N) is 3. The summed E-state index contributed by atoms with van der Waals surface area (Å²) in [6.45, 7) is 1.65. The molecule has 3 N–H and O–H groups in total. The third-order valence-corrected chi connectivity index (χ3v) is 8.83. The maximum atomic E-state index is 13.9. The Kier molecular flexibility index (Phi) is 11.6. The fourth-order valence-corrected chi connectivity index (χ4v) is 6.14. The van der Waals surface area contributed by atoms with Crippen LogP contribution in [0, 0.1) is 5.82 Å². The van der Waals surface area contributed by atoms with Crippen molar-refractivity contribution in [2.75, 3.05) is 19.2 Å². The van der Waals surface area contributed by atoms with E-state index < -0.39 is 34.7 Å². The molecule has 5 aromatic rings. The van der Waals surface area contributed by atoms with E-state index in [0.29, 0.717) is 16.9 Å². The first-order chi connectivity index (χ1) is 23.5. The van der Waals surface area contributed by atoms with Gasteiger partial charge in [-0.2, -0.15) is 0 Å². The van der Waals surface area contributed by atoms with Gasteiger partial charge in [0.15, 0.2) is 11.7 Å². The summed E-state index contributed by atoms with van der Waals surface area (Å²) in [5.41, 5.74) is 3.98. The number of nitrogens with zero attached hydrogens (tertiary/aromatic N) is 3. The molecule has 252 valence electrons. The normalized spacial score (nSPS) is 13.6. The van der Waals surface area contributed by atoms with Crippen molar-refractivity contribution < 1.29 is 27.9 Å². The van der Waals surface area contributed by atoms with Crippen LogP contribution in [0.15, 0.2) is 109 Å². The maximum absolute atomic E-state index is 13.9. The number of Topliss-reactive ketones (excluding diaryl/α,β-unsaturated/α-hetero) is 1. The standard InChI is InChI=1S/C37H37FN6O4S/c1-25(27-14-16-31(38)17-15-27)39-36(46)29-19-30(21-32(20-29)43(2)24-49(3)48)37(47)40-33(18-26-10-6-4-7-11-26)35(45)23-44-22-34(41-42-44)28-12-8-5-9-13-28/h4-17,19-22,25,33H,18,23-24H2,1-3H3,(H,39,46)(H,40,47)/p+1. The van der Waals surface area contributed by atoms with Crippen LogP contribution in [0.5, 0.6) is 0 Å². The lowest BCUT2D eigenvalue weighted by Crippen LogP contribution is -3.04. The molecule has 0 spiro atoms. The molecule has 2 amide bonds. The fraction of sp³-hybridized carbons (Fsp3) is 0.216. The molecule has 1 aromatic heterocycles. The minimum atomic E-state index is -1.16. The topological polar surface area (TPSA) is 127 Å². The average molecular weight is 682 g/mol. The molecular weight excluding hydrogens is 644 g/mol. The van der Waals surface area contributed by atoms with E-state index in [0.717, 1.165) is 16.0 Å². The lowest BCUT2D eigenvalue weighted by Gasteiger charge is -2.20. The monoisotopic (exact) mass is 681 g/mol. The fourth-order valence-electron chi connectivity index (χ4n) is 5.36. The van der Waals surface area contributed by atoms with Gasteiger partial charge in [-0.25, -0.2) is 9.07 Å². The SMILES string of the molecule is CC(NC(=O)c1cc(C(=O)NC(Cc2ccccc2)C(=O)Cn2cc(-c3ccccc3)nn2)cc([NH+](C)CS(C)=O)c1)c1ccc(F)cc1. The molecule has 0 aliphatic rings. The predicted octanol–water partition coefficient (Wildman–Crippen LogP) is 3.67. The summed E-state index contributed by atoms with van der Waals surface area (Å²) in [5, 5.41) is 14.1. The van der Waals surface area contributed by atoms with Gasteiger partial charge in [-0.05, 0) is 42.7 Å². The average Bonchev–Trinajstić information content (AvgIpc) is 3.57. The Bertz CT molecular complexity index is 1940. The molecule has 4 aromatic carbocycles. The van der Waals surface area contributed by atoms with E-state index >= 15 is 0 Å². The van der Waals surface area contributed by atoms with Gasteiger partial charge in [-0.1, -0.05) is 78.0 Å². The Morgan fingerprint density at radius 2 is 1.49 bits per heavy atom. The number of hydrogen-bond acceptors (Lipinski definition) is 6. The van der Waals surface area contributed by atoms with Crippen LogP contribution >= 0.6 is 0 Å². The second kappa shape index (κ2) is 16.2. The summed E-state index contributed by atoms with van der Waals surface area (Å²) in [5.74, 6) is -1.42. The number of amides is 2. The van der Waals surface area contributed by atoms with E-state index in [-0.39, 0.29) is 41.6 Å². The summed E-state index contributed by atoms with van der Waals surface area (Å²) in [6.07, 6.45) is 3.50. The van der Waals surface area contributed by atoms with Gasteiger partial charge in [0, 0.05) is 35.1 Å². The molecule has 49 heavy (non-hydrogen) atoms. The highest BCUT2D eigenvalue weighted by Crippen LogP contribution is 2.18. The number of hydrogen-bond donors (Lipinski definition) is 3. The second-order valence-corrected chi connectivity index (χ2v) is 13.3. The largest absolute Gasteiger partial charge is 0.346 e. The third kappa shape index (κ3) is 9.62. The van der Waals surface area contributed by atoms with Crippen molar-refractivity contribution in [1.29, 1.82) is 0 Å². The van der Waals surface area contributed by atoms with Gasteiger partial charge in [0.1, 0.15) is 23.7 Å². The summed E-state index contributed by atoms with van der Waals surface area (Å²) in [7, 11) is 0.635. The number of halogens is 1. The van der Waals surface area contributed by atoms with E-state index in [1.54, 1.807) is 50.7 Å². The Labute approximate surface area is 286 Å². The number of aromatic nitrogens is 3. The number of carbonyl (C=O) groups is 3. The van der Waals surface area contributed by atoms with Crippen molar-refractivity contribution in [3.63, 3.8) is 0 Å². The van der Waals surface area contributed by atoms with Crippen LogP contribution in [0.3, 0.4) is 0 Å². The first kappa shape index (κ1) is 35.0. The summed E-state index contributed by atoms with van der Waals surface area (Å²) >= 11 is 0. The number of benzene rings is 4. The minimum absolute atomic E-state index is 0.123. The molecule has 5 rings (SSSR count). The van der Waals surface area contributed by atoms with Gasteiger partial charge >= 0.3 is 0 Å². The van der Waals surface area contributed by atoms with E-state index in [4.69, 9.17) is 0 Å². The van der Waals surface area contributed by atoms with Crippen molar-refractivity contribution in [1.82, 2.24) is 25.6 Å².